The molecule has 0 radical (unpaired) electrons. The Hall–Kier alpha value is -1.64. The van der Waals surface area contributed by atoms with Crippen LogP contribution < -0.4 is 5.32 Å². The quantitative estimate of drug-likeness (QED) is 0.729. The topological polar surface area (TPSA) is 92.8 Å². The second kappa shape index (κ2) is 8.28. The maximum atomic E-state index is 12.0. The number of likely N-dealkylation sites (N-methyl/N-ethyl adjacent to an activating group) is 1. The van der Waals surface area contributed by atoms with Crippen molar-refractivity contribution in [1.29, 1.82) is 0 Å². The molecule has 23 heavy (non-hydrogen) atoms. The number of carbonyl (C=O) groups is 2. The summed E-state index contributed by atoms with van der Waals surface area (Å²) in [5.74, 6) is -1.02. The van der Waals surface area contributed by atoms with E-state index in [9.17, 15) is 18.0 Å². The number of carbonyl (C=O) groups excluding carboxylic acids is 2. The minimum Gasteiger partial charge on any atom is -0.469 e. The predicted octanol–water partition coefficient (Wildman–Crippen LogP) is 0.952. The molecule has 1 N–H and O–H groups in total. The minimum atomic E-state index is -3.47. The van der Waals surface area contributed by atoms with Crippen molar-refractivity contribution in [2.45, 2.75) is 12.5 Å². The highest BCUT2D eigenvalue weighted by molar-refractivity contribution is 7.88. The van der Waals surface area contributed by atoms with E-state index in [1.54, 1.807) is 24.3 Å². The van der Waals surface area contributed by atoms with Gasteiger partial charge in [-0.1, -0.05) is 23.7 Å². The largest absolute Gasteiger partial charge is 0.469 e. The average molecular weight is 363 g/mol. The number of nitrogens with one attached hydrogen (secondary N) is 1. The minimum absolute atomic E-state index is 0.0769. The van der Waals surface area contributed by atoms with Crippen molar-refractivity contribution < 1.29 is 22.7 Å². The molecule has 1 unspecified atom stereocenters. The first-order valence-corrected chi connectivity index (χ1v) is 8.89. The molecule has 1 aromatic carbocycles. The van der Waals surface area contributed by atoms with Crippen LogP contribution in [0.2, 0.25) is 5.02 Å². The fourth-order valence-corrected chi connectivity index (χ4v) is 2.23. The predicted molar refractivity (Wildman–Crippen MR) is 86.4 cm³/mol. The van der Waals surface area contributed by atoms with Crippen molar-refractivity contribution in [2.24, 2.45) is 0 Å². The van der Waals surface area contributed by atoms with E-state index >= 15 is 0 Å². The van der Waals surface area contributed by atoms with Crippen molar-refractivity contribution in [3.8, 4) is 0 Å². The molecular weight excluding hydrogens is 344 g/mol. The van der Waals surface area contributed by atoms with Crippen molar-refractivity contribution in [3.05, 3.63) is 34.9 Å². The van der Waals surface area contributed by atoms with Crippen LogP contribution in [0.25, 0.3) is 0 Å². The van der Waals surface area contributed by atoms with Crippen LogP contribution in [0.1, 0.15) is 18.0 Å². The van der Waals surface area contributed by atoms with Crippen LogP contribution in [0.15, 0.2) is 24.3 Å². The molecule has 0 aliphatic carbocycles. The Morgan fingerprint density at radius 3 is 2.35 bits per heavy atom. The monoisotopic (exact) mass is 362 g/mol. The van der Waals surface area contributed by atoms with Gasteiger partial charge in [0.05, 0.1) is 32.4 Å². The summed E-state index contributed by atoms with van der Waals surface area (Å²) < 4.78 is 28.2. The number of hydrogen-bond donors (Lipinski definition) is 1. The molecule has 128 valence electrons. The Kier molecular flexibility index (Phi) is 6.99. The van der Waals surface area contributed by atoms with Gasteiger partial charge < -0.3 is 10.1 Å². The highest BCUT2D eigenvalue weighted by atomic mass is 35.5. The van der Waals surface area contributed by atoms with Gasteiger partial charge in [0.25, 0.3) is 0 Å². The Morgan fingerprint density at radius 1 is 1.30 bits per heavy atom. The molecule has 0 bridgehead atoms. The van der Waals surface area contributed by atoms with E-state index in [4.69, 9.17) is 11.6 Å². The van der Waals surface area contributed by atoms with Gasteiger partial charge in [0, 0.05) is 12.1 Å². The lowest BCUT2D eigenvalue weighted by Gasteiger charge is -2.20. The van der Waals surface area contributed by atoms with E-state index in [1.165, 1.54) is 14.2 Å². The molecule has 0 saturated carbocycles. The number of halogens is 1. The SMILES string of the molecule is COC(=O)CC(NC(=O)CN(C)S(C)(=O)=O)c1ccc(Cl)cc1. The van der Waals surface area contributed by atoms with Crippen LogP contribution in [-0.4, -0.2) is 51.6 Å². The smallest absolute Gasteiger partial charge is 0.307 e. The van der Waals surface area contributed by atoms with Gasteiger partial charge in [-0.05, 0) is 17.7 Å². The fraction of sp³-hybridized carbons (Fsp3) is 0.429. The first-order valence-electron chi connectivity index (χ1n) is 6.66. The van der Waals surface area contributed by atoms with Gasteiger partial charge in [-0.25, -0.2) is 8.42 Å². The molecular formula is C14H19ClN2O5S. The van der Waals surface area contributed by atoms with E-state index in [-0.39, 0.29) is 13.0 Å². The van der Waals surface area contributed by atoms with Crippen molar-refractivity contribution in [1.82, 2.24) is 9.62 Å². The van der Waals surface area contributed by atoms with Crippen LogP contribution in [0.5, 0.6) is 0 Å². The summed E-state index contributed by atoms with van der Waals surface area (Å²) in [6, 6.07) is 5.99. The zero-order valence-corrected chi connectivity index (χ0v) is 14.6. The number of hydrogen-bond acceptors (Lipinski definition) is 5. The zero-order chi connectivity index (χ0) is 17.6. The summed E-state index contributed by atoms with van der Waals surface area (Å²) in [7, 11) is -0.920. The summed E-state index contributed by atoms with van der Waals surface area (Å²) in [5.41, 5.74) is 0.662. The average Bonchev–Trinajstić information content (AvgIpc) is 2.46. The lowest BCUT2D eigenvalue weighted by Crippen LogP contribution is -2.40. The summed E-state index contributed by atoms with van der Waals surface area (Å²) in [6.45, 7) is -0.343. The number of amides is 1. The van der Waals surface area contributed by atoms with Crippen LogP contribution in [-0.2, 0) is 24.3 Å². The van der Waals surface area contributed by atoms with E-state index in [1.807, 2.05) is 0 Å². The maximum Gasteiger partial charge on any atom is 0.307 e. The number of benzene rings is 1. The second-order valence-electron chi connectivity index (χ2n) is 4.97. The number of ether oxygens (including phenoxy) is 1. The van der Waals surface area contributed by atoms with Gasteiger partial charge in [-0.2, -0.15) is 4.31 Å². The van der Waals surface area contributed by atoms with Gasteiger partial charge in [0.15, 0.2) is 0 Å². The van der Waals surface area contributed by atoms with E-state index in [2.05, 4.69) is 10.1 Å². The molecule has 0 spiro atoms. The Morgan fingerprint density at radius 2 is 1.87 bits per heavy atom. The third-order valence-electron chi connectivity index (χ3n) is 3.14. The molecule has 1 rings (SSSR count). The fourth-order valence-electron chi connectivity index (χ4n) is 1.76. The number of methoxy groups -OCH3 is 1. The number of nitrogens with zero attached hydrogens (tertiary/aromatic N) is 1. The molecule has 9 heteroatoms. The van der Waals surface area contributed by atoms with Crippen LogP contribution in [0, 0.1) is 0 Å². The Bertz CT molecular complexity index is 660. The van der Waals surface area contributed by atoms with Gasteiger partial charge in [0.1, 0.15) is 0 Å². The standard InChI is InChI=1S/C14H19ClN2O5S/c1-17(23(3,20)21)9-13(18)16-12(8-14(19)22-2)10-4-6-11(15)7-5-10/h4-7,12H,8-9H2,1-3H3,(H,16,18). The molecule has 1 aromatic rings. The molecule has 0 aromatic heterocycles. The molecule has 0 saturated heterocycles. The first-order chi connectivity index (χ1) is 10.6. The summed E-state index contributed by atoms with van der Waals surface area (Å²) in [4.78, 5) is 23.5. The summed E-state index contributed by atoms with van der Waals surface area (Å²) >= 11 is 5.82. The third kappa shape index (κ3) is 6.55. The highest BCUT2D eigenvalue weighted by Crippen LogP contribution is 2.20. The highest BCUT2D eigenvalue weighted by Gasteiger charge is 2.21. The van der Waals surface area contributed by atoms with Crippen molar-refractivity contribution >= 4 is 33.5 Å². The molecule has 1 amide bonds. The van der Waals surface area contributed by atoms with E-state index in [0.29, 0.717) is 10.6 Å². The molecule has 0 aliphatic rings. The lowest BCUT2D eigenvalue weighted by atomic mass is 10.0. The normalized spacial score (nSPS) is 12.7. The van der Waals surface area contributed by atoms with Crippen LogP contribution in [0.4, 0.5) is 0 Å². The maximum absolute atomic E-state index is 12.0. The van der Waals surface area contributed by atoms with Crippen LogP contribution in [0.3, 0.4) is 0 Å². The third-order valence-corrected chi connectivity index (χ3v) is 4.65. The molecule has 0 aliphatic heterocycles. The number of sulfonamides is 1. The zero-order valence-electron chi connectivity index (χ0n) is 13.1. The lowest BCUT2D eigenvalue weighted by molar-refractivity contribution is -0.141. The summed E-state index contributed by atoms with van der Waals surface area (Å²) in [6.07, 6.45) is 0.928. The molecule has 0 heterocycles. The summed E-state index contributed by atoms with van der Waals surface area (Å²) in [5, 5.41) is 3.15. The van der Waals surface area contributed by atoms with E-state index in [0.717, 1.165) is 10.6 Å². The van der Waals surface area contributed by atoms with Crippen LogP contribution >= 0.6 is 11.6 Å². The molecule has 7 nitrogen and oxygen atoms in total. The van der Waals surface area contributed by atoms with E-state index < -0.39 is 27.9 Å². The first kappa shape index (κ1) is 19.4. The Labute approximate surface area is 140 Å². The van der Waals surface area contributed by atoms with Gasteiger partial charge >= 0.3 is 5.97 Å². The number of rotatable bonds is 7. The van der Waals surface area contributed by atoms with Crippen molar-refractivity contribution in [2.75, 3.05) is 27.0 Å². The number of esters is 1. The van der Waals surface area contributed by atoms with Gasteiger partial charge in [-0.15, -0.1) is 0 Å². The van der Waals surface area contributed by atoms with Gasteiger partial charge in [-0.3, -0.25) is 9.59 Å². The van der Waals surface area contributed by atoms with Crippen molar-refractivity contribution in [3.63, 3.8) is 0 Å². The van der Waals surface area contributed by atoms with Gasteiger partial charge in [0.2, 0.25) is 15.9 Å². The molecule has 1 atom stereocenters. The second-order valence-corrected chi connectivity index (χ2v) is 7.50. The Balaban J connectivity index is 2.86. The molecule has 0 fully saturated rings.